The molecule has 17 heteroatoms. The first-order valence-electron chi connectivity index (χ1n) is 13.6. The maximum Gasteiger partial charge on any atom is 0.389 e. The number of rotatable bonds is 8. The van der Waals surface area contributed by atoms with E-state index in [9.17, 15) is 34.1 Å². The van der Waals surface area contributed by atoms with E-state index in [2.05, 4.69) is 20.7 Å². The Kier molecular flexibility index (Phi) is 8.18. The summed E-state index contributed by atoms with van der Waals surface area (Å²) in [7, 11) is 0. The van der Waals surface area contributed by atoms with Crippen molar-refractivity contribution in [3.8, 4) is 5.69 Å². The van der Waals surface area contributed by atoms with Gasteiger partial charge in [0.25, 0.3) is 0 Å². The number of fused-ring (bicyclic) bond motifs is 1. The molecular formula is C29H23Cl2FN8O6. The molecule has 46 heavy (non-hydrogen) atoms. The summed E-state index contributed by atoms with van der Waals surface area (Å²) in [5.74, 6) is -2.19. The average Bonchev–Trinajstić information content (AvgIpc) is 3.64. The van der Waals surface area contributed by atoms with Gasteiger partial charge in [0.15, 0.2) is 5.15 Å². The van der Waals surface area contributed by atoms with Gasteiger partial charge in [-0.1, -0.05) is 40.5 Å². The summed E-state index contributed by atoms with van der Waals surface area (Å²) in [6.07, 6.45) is -0.699. The van der Waals surface area contributed by atoms with E-state index in [0.717, 1.165) is 11.1 Å². The van der Waals surface area contributed by atoms with Crippen LogP contribution < -0.4 is 10.2 Å². The normalized spacial score (nSPS) is 14.7. The number of nitrogens with one attached hydrogen (secondary N) is 1. The van der Waals surface area contributed by atoms with Gasteiger partial charge in [-0.05, 0) is 54.1 Å². The second kappa shape index (κ2) is 12.1. The summed E-state index contributed by atoms with van der Waals surface area (Å²) in [5, 5.41) is 43.4. The number of anilines is 2. The lowest BCUT2D eigenvalue weighted by atomic mass is 10.0. The highest BCUT2D eigenvalue weighted by Gasteiger charge is 2.39. The van der Waals surface area contributed by atoms with Gasteiger partial charge in [-0.25, -0.2) is 9.07 Å². The predicted molar refractivity (Wildman–Crippen MR) is 162 cm³/mol. The molecular weight excluding hydrogens is 646 g/mol. The minimum Gasteiger partial charge on any atom is -0.324 e. The van der Waals surface area contributed by atoms with Crippen LogP contribution in [0.15, 0.2) is 73.1 Å². The van der Waals surface area contributed by atoms with Crippen LogP contribution in [-0.4, -0.2) is 81.8 Å². The zero-order chi connectivity index (χ0) is 32.7. The van der Waals surface area contributed by atoms with Crippen LogP contribution in [0.1, 0.15) is 5.56 Å². The Morgan fingerprint density at radius 2 is 1.72 bits per heavy atom. The first kappa shape index (κ1) is 31.1. The summed E-state index contributed by atoms with van der Waals surface area (Å²) in [5.41, 5.74) is 1.74. The van der Waals surface area contributed by atoms with E-state index in [1.807, 2.05) is 0 Å². The molecule has 2 aromatic heterocycles. The van der Waals surface area contributed by atoms with Crippen molar-refractivity contribution in [2.45, 2.75) is 18.6 Å². The molecule has 3 amide bonds. The van der Waals surface area contributed by atoms with Crippen molar-refractivity contribution in [3.05, 3.63) is 94.6 Å². The van der Waals surface area contributed by atoms with Crippen LogP contribution in [0.25, 0.3) is 16.6 Å². The lowest BCUT2D eigenvalue weighted by Gasteiger charge is -2.38. The summed E-state index contributed by atoms with van der Waals surface area (Å²) in [6.45, 7) is -0.905. The fraction of sp³-hybridized carbons (Fsp3) is 0.172. The Morgan fingerprint density at radius 3 is 2.41 bits per heavy atom. The van der Waals surface area contributed by atoms with Crippen molar-refractivity contribution in [2.24, 2.45) is 0 Å². The van der Waals surface area contributed by atoms with E-state index in [0.29, 0.717) is 26.3 Å². The second-order valence-corrected chi connectivity index (χ2v) is 11.2. The minimum absolute atomic E-state index is 0.0484. The number of hydrogen-bond acceptors (Lipinski definition) is 9. The summed E-state index contributed by atoms with van der Waals surface area (Å²) < 4.78 is 15.5. The molecule has 0 radical (unpaired) electrons. The van der Waals surface area contributed by atoms with Crippen LogP contribution in [-0.2, 0) is 26.9 Å². The lowest BCUT2D eigenvalue weighted by Crippen LogP contribution is -2.60. The molecule has 0 spiro atoms. The second-order valence-electron chi connectivity index (χ2n) is 10.4. The lowest BCUT2D eigenvalue weighted by molar-refractivity contribution is -0.380. The third-order valence-corrected chi connectivity index (χ3v) is 7.67. The Balaban J connectivity index is 1.29. The molecule has 1 unspecified atom stereocenters. The van der Waals surface area contributed by atoms with Gasteiger partial charge in [-0.15, -0.1) is 5.10 Å². The number of aliphatic hydroxyl groups is 3. The third-order valence-electron chi connectivity index (χ3n) is 7.26. The predicted octanol–water partition coefficient (Wildman–Crippen LogP) is 2.03. The number of carbonyl (C=O) groups is 3. The van der Waals surface area contributed by atoms with Gasteiger partial charge in [0.05, 0.1) is 23.1 Å². The molecule has 3 heterocycles. The number of benzene rings is 3. The fourth-order valence-electron chi connectivity index (χ4n) is 5.08. The highest BCUT2D eigenvalue weighted by molar-refractivity contribution is 6.31. The summed E-state index contributed by atoms with van der Waals surface area (Å²) in [4.78, 5) is 43.5. The standard InChI is InChI=1S/C29H23Cl2FN8O6/c30-18-3-8-22(39-13-25(31)34-36-39)23(11-18)37-14-27(42)38(15-26(37)41)24(9-16-1-4-19(32)5-2-16)28(43)33-20-6-7-21-17(10-20)12-40(35-21)29(44,45)46/h1-8,10-13,24,44-46H,9,14-15H2,(H,33,43). The highest BCUT2D eigenvalue weighted by Crippen LogP contribution is 2.31. The molecule has 6 rings (SSSR count). The molecule has 5 aromatic rings. The van der Waals surface area contributed by atoms with Crippen LogP contribution in [0.4, 0.5) is 15.8 Å². The Labute approximate surface area is 268 Å². The number of hydrogen-bond donors (Lipinski definition) is 4. The Hall–Kier alpha value is -4.93. The molecule has 236 valence electrons. The monoisotopic (exact) mass is 668 g/mol. The Bertz CT molecular complexity index is 1980. The maximum absolute atomic E-state index is 13.8. The van der Waals surface area contributed by atoms with Crippen LogP contribution in [0.5, 0.6) is 0 Å². The van der Waals surface area contributed by atoms with Crippen molar-refractivity contribution < 1.29 is 34.1 Å². The molecule has 0 aliphatic carbocycles. The molecule has 0 bridgehead atoms. The van der Waals surface area contributed by atoms with E-state index in [4.69, 9.17) is 23.2 Å². The molecule has 1 aliphatic heterocycles. The van der Waals surface area contributed by atoms with Crippen LogP contribution in [0, 0.1) is 5.82 Å². The Morgan fingerprint density at radius 1 is 0.957 bits per heavy atom. The van der Waals surface area contributed by atoms with E-state index >= 15 is 0 Å². The van der Waals surface area contributed by atoms with Crippen molar-refractivity contribution >= 4 is 63.2 Å². The number of carbonyl (C=O) groups excluding carboxylic acids is 3. The van der Waals surface area contributed by atoms with E-state index in [1.165, 1.54) is 64.3 Å². The molecule has 1 aliphatic rings. The SMILES string of the molecule is O=C(Nc1ccc2nn(C(O)(O)O)cc2c1)C(Cc1ccc(F)cc1)N1CC(=O)N(c2cc(Cl)ccc2-n2cc(Cl)nn2)CC1=O. The molecule has 1 atom stereocenters. The topological polar surface area (TPSA) is 179 Å². The summed E-state index contributed by atoms with van der Waals surface area (Å²) >= 11 is 12.2. The van der Waals surface area contributed by atoms with Crippen LogP contribution in [0.2, 0.25) is 10.2 Å². The quantitative estimate of drug-likeness (QED) is 0.180. The fourth-order valence-corrected chi connectivity index (χ4v) is 5.37. The third kappa shape index (κ3) is 6.40. The maximum atomic E-state index is 13.8. The smallest absolute Gasteiger partial charge is 0.324 e. The van der Waals surface area contributed by atoms with Crippen LogP contribution in [0.3, 0.4) is 0 Å². The van der Waals surface area contributed by atoms with Crippen molar-refractivity contribution in [2.75, 3.05) is 23.3 Å². The van der Waals surface area contributed by atoms with Crippen molar-refractivity contribution in [1.29, 1.82) is 0 Å². The molecule has 3 aromatic carbocycles. The molecule has 0 saturated carbocycles. The van der Waals surface area contributed by atoms with Gasteiger partial charge in [0, 0.05) is 28.7 Å². The van der Waals surface area contributed by atoms with Gasteiger partial charge in [0.1, 0.15) is 24.9 Å². The van der Waals surface area contributed by atoms with Gasteiger partial charge in [-0.3, -0.25) is 19.3 Å². The van der Waals surface area contributed by atoms with Crippen molar-refractivity contribution in [3.63, 3.8) is 0 Å². The number of nitrogens with zero attached hydrogens (tertiary/aromatic N) is 7. The van der Waals surface area contributed by atoms with Crippen LogP contribution >= 0.6 is 23.2 Å². The van der Waals surface area contributed by atoms with E-state index in [1.54, 1.807) is 12.1 Å². The van der Waals surface area contributed by atoms with Crippen molar-refractivity contribution in [1.82, 2.24) is 29.7 Å². The van der Waals surface area contributed by atoms with E-state index < -0.39 is 48.8 Å². The van der Waals surface area contributed by atoms with Gasteiger partial charge < -0.3 is 25.5 Å². The molecule has 1 fully saturated rings. The molecule has 14 nitrogen and oxygen atoms in total. The van der Waals surface area contributed by atoms with Gasteiger partial charge in [0.2, 0.25) is 17.7 Å². The molecule has 4 N–H and O–H groups in total. The number of amides is 3. The first-order valence-corrected chi connectivity index (χ1v) is 14.3. The molecule has 1 saturated heterocycles. The highest BCUT2D eigenvalue weighted by atomic mass is 35.5. The zero-order valence-corrected chi connectivity index (χ0v) is 25.0. The summed E-state index contributed by atoms with van der Waals surface area (Å²) in [6, 6.07) is 13.3. The van der Waals surface area contributed by atoms with Gasteiger partial charge >= 0.3 is 6.10 Å². The van der Waals surface area contributed by atoms with Gasteiger partial charge in [-0.2, -0.15) is 9.78 Å². The zero-order valence-electron chi connectivity index (χ0n) is 23.5. The number of aromatic nitrogens is 5. The first-order chi connectivity index (χ1) is 21.9. The average molecular weight is 669 g/mol. The minimum atomic E-state index is -3.23. The van der Waals surface area contributed by atoms with E-state index in [-0.39, 0.29) is 28.5 Å². The number of piperazine rings is 1. The number of halogens is 3. The largest absolute Gasteiger partial charge is 0.389 e.